The first-order valence-electron chi connectivity index (χ1n) is 10.9. The van der Waals surface area contributed by atoms with E-state index in [1.54, 1.807) is 12.0 Å². The van der Waals surface area contributed by atoms with Gasteiger partial charge in [-0.1, -0.05) is 36.4 Å². The molecule has 1 atom stereocenters. The lowest BCUT2D eigenvalue weighted by atomic mass is 9.98. The predicted molar refractivity (Wildman–Crippen MR) is 128 cm³/mol. The van der Waals surface area contributed by atoms with Crippen LogP contribution in [0.25, 0.3) is 16.5 Å². The Morgan fingerprint density at radius 1 is 1.25 bits per heavy atom. The quantitative estimate of drug-likeness (QED) is 0.597. The maximum absolute atomic E-state index is 13.5. The van der Waals surface area contributed by atoms with E-state index in [0.29, 0.717) is 24.5 Å². The Hall–Kier alpha value is -3.56. The topological polar surface area (TPSA) is 72.4 Å². The van der Waals surface area contributed by atoms with E-state index < -0.39 is 0 Å². The van der Waals surface area contributed by atoms with Gasteiger partial charge in [-0.2, -0.15) is 5.26 Å². The molecule has 1 amide bonds. The molecule has 0 spiro atoms. The molecule has 0 fully saturated rings. The molecule has 0 saturated heterocycles. The van der Waals surface area contributed by atoms with Gasteiger partial charge in [0.25, 0.3) is 0 Å². The molecule has 1 aromatic heterocycles. The van der Waals surface area contributed by atoms with Crippen molar-refractivity contribution in [2.75, 3.05) is 31.6 Å². The van der Waals surface area contributed by atoms with Gasteiger partial charge in [-0.25, -0.2) is 0 Å². The van der Waals surface area contributed by atoms with Crippen LogP contribution in [0.3, 0.4) is 0 Å². The average Bonchev–Trinajstić information content (AvgIpc) is 3.28. The first kappa shape index (κ1) is 21.7. The number of fused-ring (bicyclic) bond motifs is 1. The van der Waals surface area contributed by atoms with Crippen LogP contribution in [-0.2, 0) is 4.79 Å². The van der Waals surface area contributed by atoms with Crippen LogP contribution >= 0.6 is 0 Å². The fourth-order valence-electron chi connectivity index (χ4n) is 4.36. The Bertz CT molecular complexity index is 1170. The molecule has 164 valence electrons. The largest absolute Gasteiger partial charge is 0.495 e. The zero-order chi connectivity index (χ0) is 22.5. The summed E-state index contributed by atoms with van der Waals surface area (Å²) in [6.45, 7) is 3.79. The van der Waals surface area contributed by atoms with E-state index >= 15 is 0 Å². The van der Waals surface area contributed by atoms with E-state index in [0.717, 1.165) is 18.5 Å². The number of ether oxygens (including phenoxy) is 1. The third-order valence-corrected chi connectivity index (χ3v) is 6.17. The summed E-state index contributed by atoms with van der Waals surface area (Å²) in [5.74, 6) is 0.611. The number of carbonyl (C=O) groups excluding carboxylic acids is 1. The number of anilines is 1. The van der Waals surface area contributed by atoms with Crippen molar-refractivity contribution in [3.8, 4) is 11.8 Å². The van der Waals surface area contributed by atoms with Crippen LogP contribution in [0.2, 0.25) is 0 Å². The van der Waals surface area contributed by atoms with E-state index in [-0.39, 0.29) is 18.4 Å². The highest BCUT2D eigenvalue weighted by Crippen LogP contribution is 2.31. The number of amides is 1. The summed E-state index contributed by atoms with van der Waals surface area (Å²) >= 11 is 0. The van der Waals surface area contributed by atoms with E-state index in [2.05, 4.69) is 46.4 Å². The Labute approximate surface area is 188 Å². The van der Waals surface area contributed by atoms with E-state index in [4.69, 9.17) is 10.00 Å². The highest BCUT2D eigenvalue weighted by molar-refractivity contribution is 5.98. The number of carbonyl (C=O) groups is 1. The smallest absolute Gasteiger partial charge is 0.244 e. The number of aromatic amines is 1. The lowest BCUT2D eigenvalue weighted by molar-refractivity contribution is -0.123. The van der Waals surface area contributed by atoms with Crippen molar-refractivity contribution in [2.24, 2.45) is 0 Å². The first-order valence-corrected chi connectivity index (χ1v) is 10.9. The molecule has 1 aliphatic heterocycles. The summed E-state index contributed by atoms with van der Waals surface area (Å²) in [5, 5.41) is 10.3. The zero-order valence-corrected chi connectivity index (χ0v) is 18.5. The second-order valence-corrected chi connectivity index (χ2v) is 7.97. The van der Waals surface area contributed by atoms with Crippen LogP contribution in [0.4, 0.5) is 5.69 Å². The highest BCUT2D eigenvalue weighted by Gasteiger charge is 2.29. The Kier molecular flexibility index (Phi) is 6.58. The van der Waals surface area contributed by atoms with Crippen molar-refractivity contribution >= 4 is 28.1 Å². The Morgan fingerprint density at radius 2 is 2.03 bits per heavy atom. The van der Waals surface area contributed by atoms with Crippen molar-refractivity contribution in [3.63, 3.8) is 0 Å². The minimum absolute atomic E-state index is 0.0197. The van der Waals surface area contributed by atoms with Crippen LogP contribution < -0.4 is 9.64 Å². The molecule has 4 rings (SSSR count). The van der Waals surface area contributed by atoms with Crippen molar-refractivity contribution in [1.82, 2.24) is 9.88 Å². The third-order valence-electron chi connectivity index (χ3n) is 6.17. The Morgan fingerprint density at radius 3 is 2.78 bits per heavy atom. The van der Waals surface area contributed by atoms with Gasteiger partial charge in [-0.15, -0.1) is 0 Å². The van der Waals surface area contributed by atoms with Gasteiger partial charge in [0.05, 0.1) is 31.3 Å². The first-order chi connectivity index (χ1) is 15.6. The molecule has 6 heteroatoms. The average molecular weight is 429 g/mol. The van der Waals surface area contributed by atoms with Crippen LogP contribution in [0.1, 0.15) is 25.3 Å². The monoisotopic (exact) mass is 428 g/mol. The van der Waals surface area contributed by atoms with Crippen molar-refractivity contribution in [1.29, 1.82) is 5.26 Å². The predicted octanol–water partition coefficient (Wildman–Crippen LogP) is 4.60. The molecule has 1 N–H and O–H groups in total. The number of aromatic nitrogens is 1. The number of nitrogens with zero attached hydrogens (tertiary/aromatic N) is 3. The molecule has 0 radical (unpaired) electrons. The minimum Gasteiger partial charge on any atom is -0.495 e. The number of rotatable bonds is 7. The number of methoxy groups -OCH3 is 1. The van der Waals surface area contributed by atoms with E-state index in [1.807, 2.05) is 37.3 Å². The molecule has 1 aliphatic rings. The standard InChI is InChI=1S/C26H28N4O2/c1-19(26(31)30(15-7-14-27)24-10-5-6-11-25(24)32-2)29-16-12-20(13-17-29)22-18-28-23-9-4-3-8-21(22)23/h3-6,8-12,18-19,28H,7,13,15-17H2,1-2H3/t19-/m0/s1. The number of H-pyrrole nitrogens is 1. The van der Waals surface area contributed by atoms with Gasteiger partial charge in [0.2, 0.25) is 5.91 Å². The maximum atomic E-state index is 13.5. The SMILES string of the molecule is COc1ccccc1N(CCC#N)C(=O)[C@H](C)N1CC=C(c2c[nH]c3ccccc23)CC1. The molecule has 0 unspecified atom stereocenters. The molecule has 6 nitrogen and oxygen atoms in total. The lowest BCUT2D eigenvalue weighted by Gasteiger charge is -2.34. The van der Waals surface area contributed by atoms with Gasteiger partial charge in [0.1, 0.15) is 5.75 Å². The number of nitrogens with one attached hydrogen (secondary N) is 1. The number of hydrogen-bond donors (Lipinski definition) is 1. The fraction of sp³-hybridized carbons (Fsp3) is 0.308. The maximum Gasteiger partial charge on any atom is 0.244 e. The van der Waals surface area contributed by atoms with E-state index in [1.165, 1.54) is 16.5 Å². The summed E-state index contributed by atoms with van der Waals surface area (Å²) in [4.78, 5) is 20.7. The van der Waals surface area contributed by atoms with Crippen molar-refractivity contribution in [2.45, 2.75) is 25.8 Å². The molecule has 2 heterocycles. The van der Waals surface area contributed by atoms with Gasteiger partial charge in [0, 0.05) is 42.3 Å². The summed E-state index contributed by atoms with van der Waals surface area (Å²) in [5.41, 5.74) is 4.39. The number of hydrogen-bond acceptors (Lipinski definition) is 4. The summed E-state index contributed by atoms with van der Waals surface area (Å²) in [6.07, 6.45) is 5.45. The van der Waals surface area contributed by atoms with Crippen LogP contribution in [0.15, 0.2) is 60.8 Å². The molecular formula is C26H28N4O2. The minimum atomic E-state index is -0.306. The van der Waals surface area contributed by atoms with Gasteiger partial charge < -0.3 is 14.6 Å². The lowest BCUT2D eigenvalue weighted by Crippen LogP contribution is -2.49. The molecule has 32 heavy (non-hydrogen) atoms. The van der Waals surface area contributed by atoms with E-state index in [9.17, 15) is 4.79 Å². The molecule has 3 aromatic rings. The zero-order valence-electron chi connectivity index (χ0n) is 18.5. The molecule has 0 saturated carbocycles. The van der Waals surface area contributed by atoms with Crippen LogP contribution in [0, 0.1) is 11.3 Å². The molecule has 0 bridgehead atoms. The van der Waals surface area contributed by atoms with Gasteiger partial charge in [-0.05, 0) is 37.1 Å². The van der Waals surface area contributed by atoms with Gasteiger partial charge in [-0.3, -0.25) is 9.69 Å². The normalized spacial score (nSPS) is 15.1. The number of benzene rings is 2. The van der Waals surface area contributed by atoms with Gasteiger partial charge >= 0.3 is 0 Å². The van der Waals surface area contributed by atoms with Crippen LogP contribution in [-0.4, -0.2) is 48.6 Å². The molecule has 2 aromatic carbocycles. The number of para-hydroxylation sites is 3. The summed E-state index contributed by atoms with van der Waals surface area (Å²) in [6, 6.07) is 17.6. The Balaban J connectivity index is 1.52. The highest BCUT2D eigenvalue weighted by atomic mass is 16.5. The molecular weight excluding hydrogens is 400 g/mol. The second-order valence-electron chi connectivity index (χ2n) is 7.97. The second kappa shape index (κ2) is 9.71. The van der Waals surface area contributed by atoms with Crippen LogP contribution in [0.5, 0.6) is 5.75 Å². The molecule has 0 aliphatic carbocycles. The van der Waals surface area contributed by atoms with Gasteiger partial charge in [0.15, 0.2) is 0 Å². The summed E-state index contributed by atoms with van der Waals surface area (Å²) < 4.78 is 5.47. The number of nitriles is 1. The van der Waals surface area contributed by atoms with Crippen molar-refractivity contribution < 1.29 is 9.53 Å². The fourth-order valence-corrected chi connectivity index (χ4v) is 4.36. The van der Waals surface area contributed by atoms with Crippen molar-refractivity contribution in [3.05, 3.63) is 66.4 Å². The summed E-state index contributed by atoms with van der Waals surface area (Å²) in [7, 11) is 1.59. The third kappa shape index (κ3) is 4.25.